The molecule has 0 saturated carbocycles. The Kier molecular flexibility index (Phi) is 6.14. The first-order valence-electron chi connectivity index (χ1n) is 6.02. The lowest BCUT2D eigenvalue weighted by molar-refractivity contribution is -0.149. The van der Waals surface area contributed by atoms with Crippen molar-refractivity contribution in [2.75, 3.05) is 18.9 Å². The number of aromatic amines is 1. The van der Waals surface area contributed by atoms with Gasteiger partial charge in [0.2, 0.25) is 0 Å². The summed E-state index contributed by atoms with van der Waals surface area (Å²) in [6, 6.07) is 0. The van der Waals surface area contributed by atoms with Gasteiger partial charge in [0.05, 0.1) is 6.61 Å². The van der Waals surface area contributed by atoms with Crippen LogP contribution in [0.2, 0.25) is 0 Å². The highest BCUT2D eigenvalue weighted by molar-refractivity contribution is 7.99. The van der Waals surface area contributed by atoms with E-state index in [1.807, 2.05) is 13.8 Å². The number of rotatable bonds is 8. The third-order valence-corrected chi connectivity index (χ3v) is 3.57. The van der Waals surface area contributed by atoms with E-state index in [0.717, 1.165) is 13.0 Å². The molecule has 0 aliphatic heterocycles. The van der Waals surface area contributed by atoms with Crippen molar-refractivity contribution in [2.24, 2.45) is 0 Å². The van der Waals surface area contributed by atoms with Crippen molar-refractivity contribution in [2.45, 2.75) is 37.9 Å². The third kappa shape index (κ3) is 4.30. The molecule has 18 heavy (non-hydrogen) atoms. The number of aromatic nitrogens is 3. The molecule has 0 bridgehead atoms. The van der Waals surface area contributed by atoms with Gasteiger partial charge < -0.3 is 10.1 Å². The van der Waals surface area contributed by atoms with Gasteiger partial charge in [-0.1, -0.05) is 18.7 Å². The highest BCUT2D eigenvalue weighted by Crippen LogP contribution is 2.20. The van der Waals surface area contributed by atoms with Crippen molar-refractivity contribution in [3.63, 3.8) is 0 Å². The minimum absolute atomic E-state index is 0.231. The van der Waals surface area contributed by atoms with Gasteiger partial charge in [0.1, 0.15) is 11.9 Å². The van der Waals surface area contributed by atoms with Crippen LogP contribution in [0.15, 0.2) is 11.5 Å². The number of nitrogens with zero attached hydrogens (tertiary/aromatic N) is 2. The average Bonchev–Trinajstić information content (AvgIpc) is 2.87. The molecule has 0 saturated heterocycles. The minimum Gasteiger partial charge on any atom is -0.465 e. The number of thioether (sulfide) groups is 1. The van der Waals surface area contributed by atoms with E-state index in [-0.39, 0.29) is 5.97 Å². The van der Waals surface area contributed by atoms with Gasteiger partial charge >= 0.3 is 5.97 Å². The molecule has 1 aromatic heterocycles. The van der Waals surface area contributed by atoms with Crippen molar-refractivity contribution in [3.05, 3.63) is 6.33 Å². The summed E-state index contributed by atoms with van der Waals surface area (Å²) < 4.78 is 5.11. The van der Waals surface area contributed by atoms with Crippen LogP contribution < -0.4 is 5.32 Å². The van der Waals surface area contributed by atoms with Crippen molar-refractivity contribution >= 4 is 17.7 Å². The topological polar surface area (TPSA) is 79.9 Å². The van der Waals surface area contributed by atoms with Crippen LogP contribution in [-0.4, -0.2) is 45.6 Å². The predicted octanol–water partition coefficient (Wildman–Crippen LogP) is 1.22. The van der Waals surface area contributed by atoms with Crippen LogP contribution in [0.1, 0.15) is 27.2 Å². The molecule has 0 aromatic carbocycles. The number of nitrogens with one attached hydrogen (secondary N) is 2. The molecule has 0 fully saturated rings. The van der Waals surface area contributed by atoms with E-state index in [0.29, 0.717) is 17.5 Å². The number of esters is 1. The second kappa shape index (κ2) is 7.38. The highest BCUT2D eigenvalue weighted by atomic mass is 32.2. The molecule has 102 valence electrons. The second-order valence-electron chi connectivity index (χ2n) is 4.06. The quantitative estimate of drug-likeness (QED) is 0.547. The Bertz CT molecular complexity index is 358. The number of carbonyl (C=O) groups excluding carboxylic acids is 1. The van der Waals surface area contributed by atoms with Gasteiger partial charge in [-0.15, -0.1) is 0 Å². The van der Waals surface area contributed by atoms with Gasteiger partial charge in [-0.25, -0.2) is 4.98 Å². The largest absolute Gasteiger partial charge is 0.465 e. The van der Waals surface area contributed by atoms with E-state index in [4.69, 9.17) is 4.74 Å². The zero-order valence-electron chi connectivity index (χ0n) is 11.0. The number of carbonyl (C=O) groups is 1. The Hall–Kier alpha value is -1.08. The predicted molar refractivity (Wildman–Crippen MR) is 70.4 cm³/mol. The lowest BCUT2D eigenvalue weighted by Crippen LogP contribution is -2.52. The standard InChI is InChI=1S/C11H20N4O2S/c1-4-6-13-11(3,9(16)17-5-2)7-18-10-12-8-14-15-10/h8,13H,4-7H2,1-3H3,(H,12,14,15). The fraction of sp³-hybridized carbons (Fsp3) is 0.727. The van der Waals surface area contributed by atoms with Crippen molar-refractivity contribution < 1.29 is 9.53 Å². The molecule has 0 radical (unpaired) electrons. The van der Waals surface area contributed by atoms with Gasteiger partial charge in [0.25, 0.3) is 0 Å². The van der Waals surface area contributed by atoms with E-state index < -0.39 is 5.54 Å². The number of ether oxygens (including phenoxy) is 1. The lowest BCUT2D eigenvalue weighted by Gasteiger charge is -2.27. The molecule has 0 aliphatic carbocycles. The van der Waals surface area contributed by atoms with Crippen LogP contribution >= 0.6 is 11.8 Å². The molecule has 2 N–H and O–H groups in total. The molecule has 1 atom stereocenters. The third-order valence-electron chi connectivity index (χ3n) is 2.38. The van der Waals surface area contributed by atoms with Crippen molar-refractivity contribution in [3.8, 4) is 0 Å². The highest BCUT2D eigenvalue weighted by Gasteiger charge is 2.34. The summed E-state index contributed by atoms with van der Waals surface area (Å²) >= 11 is 1.45. The summed E-state index contributed by atoms with van der Waals surface area (Å²) in [7, 11) is 0. The summed E-state index contributed by atoms with van der Waals surface area (Å²) in [5.41, 5.74) is -0.705. The molecule has 0 spiro atoms. The maximum Gasteiger partial charge on any atom is 0.326 e. The van der Waals surface area contributed by atoms with Gasteiger partial charge in [0.15, 0.2) is 5.16 Å². The van der Waals surface area contributed by atoms with Gasteiger partial charge in [-0.2, -0.15) is 5.10 Å². The molecular formula is C11H20N4O2S. The first-order valence-corrected chi connectivity index (χ1v) is 7.01. The normalized spacial score (nSPS) is 14.2. The Morgan fingerprint density at radius 1 is 1.61 bits per heavy atom. The van der Waals surface area contributed by atoms with Crippen molar-refractivity contribution in [1.29, 1.82) is 0 Å². The lowest BCUT2D eigenvalue weighted by atomic mass is 10.1. The number of hydrogen-bond acceptors (Lipinski definition) is 6. The molecule has 1 rings (SSSR count). The Labute approximate surface area is 111 Å². The molecule has 7 heteroatoms. The average molecular weight is 272 g/mol. The van der Waals surface area contributed by atoms with Crippen LogP contribution in [-0.2, 0) is 9.53 Å². The van der Waals surface area contributed by atoms with E-state index in [1.54, 1.807) is 0 Å². The molecule has 1 unspecified atom stereocenters. The zero-order chi connectivity index (χ0) is 13.4. The molecule has 0 aliphatic rings. The van der Waals surface area contributed by atoms with Gasteiger partial charge in [-0.3, -0.25) is 9.89 Å². The van der Waals surface area contributed by atoms with Crippen molar-refractivity contribution in [1.82, 2.24) is 20.5 Å². The fourth-order valence-electron chi connectivity index (χ4n) is 1.35. The molecule has 0 amide bonds. The second-order valence-corrected chi connectivity index (χ2v) is 5.02. The van der Waals surface area contributed by atoms with E-state index in [1.165, 1.54) is 18.1 Å². The van der Waals surface area contributed by atoms with E-state index >= 15 is 0 Å². The monoisotopic (exact) mass is 272 g/mol. The summed E-state index contributed by atoms with van der Waals surface area (Å²) in [6.45, 7) is 6.87. The van der Waals surface area contributed by atoms with Crippen LogP contribution in [0.5, 0.6) is 0 Å². The fourth-order valence-corrected chi connectivity index (χ4v) is 2.23. The molecule has 6 nitrogen and oxygen atoms in total. The zero-order valence-corrected chi connectivity index (χ0v) is 11.8. The van der Waals surface area contributed by atoms with Crippen LogP contribution in [0.25, 0.3) is 0 Å². The Morgan fingerprint density at radius 2 is 2.39 bits per heavy atom. The minimum atomic E-state index is -0.705. The van der Waals surface area contributed by atoms with Gasteiger partial charge in [-0.05, 0) is 26.8 Å². The molecule has 1 heterocycles. The maximum absolute atomic E-state index is 12.0. The van der Waals surface area contributed by atoms with Crippen LogP contribution in [0.3, 0.4) is 0 Å². The maximum atomic E-state index is 12.0. The van der Waals surface area contributed by atoms with Crippen LogP contribution in [0.4, 0.5) is 0 Å². The number of hydrogen-bond donors (Lipinski definition) is 2. The number of H-pyrrole nitrogens is 1. The Balaban J connectivity index is 2.61. The first kappa shape index (κ1) is 15.0. The van der Waals surface area contributed by atoms with Gasteiger partial charge in [0, 0.05) is 5.75 Å². The van der Waals surface area contributed by atoms with E-state index in [2.05, 4.69) is 27.4 Å². The van der Waals surface area contributed by atoms with E-state index in [9.17, 15) is 4.79 Å². The summed E-state index contributed by atoms with van der Waals surface area (Å²) in [6.07, 6.45) is 2.41. The summed E-state index contributed by atoms with van der Waals surface area (Å²) in [5, 5.41) is 10.5. The smallest absolute Gasteiger partial charge is 0.326 e. The summed E-state index contributed by atoms with van der Waals surface area (Å²) in [4.78, 5) is 16.0. The summed E-state index contributed by atoms with van der Waals surface area (Å²) in [5.74, 6) is 0.312. The Morgan fingerprint density at radius 3 is 2.94 bits per heavy atom. The molecular weight excluding hydrogens is 252 g/mol. The first-order chi connectivity index (χ1) is 8.62. The van der Waals surface area contributed by atoms with Crippen LogP contribution in [0, 0.1) is 0 Å². The SMILES string of the molecule is CCCNC(C)(CSc1ncn[nH]1)C(=O)OCC. The molecule has 1 aromatic rings.